The molecule has 1 aliphatic carbocycles. The zero-order valence-corrected chi connectivity index (χ0v) is 11.9. The van der Waals surface area contributed by atoms with Gasteiger partial charge in [0.25, 0.3) is 5.56 Å². The number of carboxylic acid groups (broad SMARTS) is 1. The Kier molecular flexibility index (Phi) is 3.61. The summed E-state index contributed by atoms with van der Waals surface area (Å²) >= 11 is 1.28. The van der Waals surface area contributed by atoms with E-state index >= 15 is 0 Å². The normalized spacial score (nSPS) is 18.2. The maximum atomic E-state index is 12.4. The molecule has 4 nitrogen and oxygen atoms in total. The Morgan fingerprint density at radius 3 is 2.60 bits per heavy atom. The number of fused-ring (bicyclic) bond motifs is 1. The molecule has 5 heteroatoms. The van der Waals surface area contributed by atoms with Crippen molar-refractivity contribution in [2.24, 2.45) is 5.92 Å². The average molecular weight is 291 g/mol. The van der Waals surface area contributed by atoms with Crippen molar-refractivity contribution in [1.82, 2.24) is 3.96 Å². The number of aliphatic carboxylic acids is 1. The Morgan fingerprint density at radius 2 is 1.95 bits per heavy atom. The van der Waals surface area contributed by atoms with E-state index in [1.807, 2.05) is 18.2 Å². The van der Waals surface area contributed by atoms with Gasteiger partial charge in [-0.3, -0.25) is 4.79 Å². The SMILES string of the molecule is O=C(O)C(C1CCCCC1)n1sc2ccccc2c1=O. The maximum absolute atomic E-state index is 12.4. The highest BCUT2D eigenvalue weighted by Crippen LogP contribution is 2.34. The van der Waals surface area contributed by atoms with Gasteiger partial charge in [0.05, 0.1) is 10.1 Å². The van der Waals surface area contributed by atoms with Gasteiger partial charge < -0.3 is 5.11 Å². The lowest BCUT2D eigenvalue weighted by atomic mass is 9.84. The highest BCUT2D eigenvalue weighted by molar-refractivity contribution is 7.14. The van der Waals surface area contributed by atoms with Gasteiger partial charge in [-0.15, -0.1) is 0 Å². The smallest absolute Gasteiger partial charge is 0.328 e. The minimum Gasteiger partial charge on any atom is -0.480 e. The minimum absolute atomic E-state index is 0.0759. The number of nitrogens with zero attached hydrogens (tertiary/aromatic N) is 1. The second kappa shape index (κ2) is 5.40. The van der Waals surface area contributed by atoms with Crippen molar-refractivity contribution < 1.29 is 9.90 Å². The Labute approximate surface area is 120 Å². The number of rotatable bonds is 3. The van der Waals surface area contributed by atoms with Crippen LogP contribution in [0, 0.1) is 5.92 Å². The first-order valence-corrected chi connectivity index (χ1v) is 7.79. The summed E-state index contributed by atoms with van der Waals surface area (Å²) in [5, 5.41) is 10.2. The van der Waals surface area contributed by atoms with Crippen LogP contribution in [-0.2, 0) is 4.79 Å². The van der Waals surface area contributed by atoms with Gasteiger partial charge in [0, 0.05) is 0 Å². The largest absolute Gasteiger partial charge is 0.480 e. The summed E-state index contributed by atoms with van der Waals surface area (Å²) in [6, 6.07) is 6.62. The molecular weight excluding hydrogens is 274 g/mol. The van der Waals surface area contributed by atoms with E-state index in [2.05, 4.69) is 0 Å². The van der Waals surface area contributed by atoms with Crippen molar-refractivity contribution in [2.75, 3.05) is 0 Å². The quantitative estimate of drug-likeness (QED) is 0.944. The molecule has 0 bridgehead atoms. The molecule has 1 aromatic carbocycles. The van der Waals surface area contributed by atoms with Crippen LogP contribution in [0.5, 0.6) is 0 Å². The topological polar surface area (TPSA) is 59.3 Å². The summed E-state index contributed by atoms with van der Waals surface area (Å²) in [5.41, 5.74) is -0.163. The number of hydrogen-bond acceptors (Lipinski definition) is 3. The molecule has 2 aromatic rings. The van der Waals surface area contributed by atoms with Crippen LogP contribution >= 0.6 is 11.5 Å². The molecule has 0 aliphatic heterocycles. The van der Waals surface area contributed by atoms with Crippen LogP contribution in [0.2, 0.25) is 0 Å². The third-order valence-corrected chi connectivity index (χ3v) is 5.26. The minimum atomic E-state index is -0.884. The number of hydrogen-bond donors (Lipinski definition) is 1. The van der Waals surface area contributed by atoms with Gasteiger partial charge in [-0.05, 0) is 30.9 Å². The van der Waals surface area contributed by atoms with Crippen molar-refractivity contribution in [1.29, 1.82) is 0 Å². The molecule has 0 spiro atoms. The predicted molar refractivity (Wildman–Crippen MR) is 79.3 cm³/mol. The molecule has 1 fully saturated rings. The van der Waals surface area contributed by atoms with Crippen LogP contribution in [0.1, 0.15) is 38.1 Å². The Hall–Kier alpha value is -1.62. The molecule has 1 unspecified atom stereocenters. The molecule has 0 amide bonds. The van der Waals surface area contributed by atoms with Gasteiger partial charge in [-0.1, -0.05) is 42.9 Å². The first-order chi connectivity index (χ1) is 9.68. The highest BCUT2D eigenvalue weighted by atomic mass is 32.1. The van der Waals surface area contributed by atoms with E-state index in [9.17, 15) is 14.7 Å². The number of carbonyl (C=O) groups is 1. The van der Waals surface area contributed by atoms with Crippen LogP contribution in [0.3, 0.4) is 0 Å². The fourth-order valence-corrected chi connectivity index (χ4v) is 4.28. The van der Waals surface area contributed by atoms with Crippen molar-refractivity contribution in [2.45, 2.75) is 38.1 Å². The van der Waals surface area contributed by atoms with E-state index in [0.29, 0.717) is 5.39 Å². The van der Waals surface area contributed by atoms with Crippen LogP contribution in [0.25, 0.3) is 10.1 Å². The first kappa shape index (κ1) is 13.4. The van der Waals surface area contributed by atoms with Crippen molar-refractivity contribution in [3.05, 3.63) is 34.6 Å². The lowest BCUT2D eigenvalue weighted by molar-refractivity contribution is -0.142. The molecule has 1 N–H and O–H groups in total. The first-order valence-electron chi connectivity index (χ1n) is 7.02. The Morgan fingerprint density at radius 1 is 1.25 bits per heavy atom. The third kappa shape index (κ3) is 2.26. The van der Waals surface area contributed by atoms with E-state index in [4.69, 9.17) is 0 Å². The molecule has 1 aromatic heterocycles. The molecule has 0 saturated heterocycles. The summed E-state index contributed by atoms with van der Waals surface area (Å²) in [6.45, 7) is 0. The van der Waals surface area contributed by atoms with Gasteiger partial charge in [-0.2, -0.15) is 0 Å². The molecule has 20 heavy (non-hydrogen) atoms. The highest BCUT2D eigenvalue weighted by Gasteiger charge is 2.33. The number of carboxylic acids is 1. The van der Waals surface area contributed by atoms with Crippen LogP contribution in [-0.4, -0.2) is 15.0 Å². The summed E-state index contributed by atoms with van der Waals surface area (Å²) in [4.78, 5) is 24.1. The Bertz CT molecular complexity index is 682. The van der Waals surface area contributed by atoms with E-state index in [0.717, 1.165) is 30.4 Å². The summed E-state index contributed by atoms with van der Waals surface area (Å²) < 4.78 is 2.34. The average Bonchev–Trinajstić information content (AvgIpc) is 2.78. The van der Waals surface area contributed by atoms with Crippen molar-refractivity contribution in [3.63, 3.8) is 0 Å². The number of benzene rings is 1. The maximum Gasteiger partial charge on any atom is 0.328 e. The van der Waals surface area contributed by atoms with Gasteiger partial charge in [0.1, 0.15) is 6.04 Å². The molecule has 106 valence electrons. The van der Waals surface area contributed by atoms with E-state index < -0.39 is 12.0 Å². The van der Waals surface area contributed by atoms with E-state index in [1.54, 1.807) is 6.07 Å². The van der Waals surface area contributed by atoms with Gasteiger partial charge in [-0.25, -0.2) is 8.75 Å². The second-order valence-corrected chi connectivity index (χ2v) is 6.42. The lowest BCUT2D eigenvalue weighted by Crippen LogP contribution is -2.32. The molecule has 0 radical (unpaired) electrons. The van der Waals surface area contributed by atoms with E-state index in [-0.39, 0.29) is 11.5 Å². The molecule has 1 heterocycles. The molecular formula is C15H17NO3S. The van der Waals surface area contributed by atoms with Crippen LogP contribution in [0.15, 0.2) is 29.1 Å². The van der Waals surface area contributed by atoms with Crippen LogP contribution < -0.4 is 5.56 Å². The van der Waals surface area contributed by atoms with Gasteiger partial charge in [0.2, 0.25) is 0 Å². The fourth-order valence-electron chi connectivity index (χ4n) is 3.12. The van der Waals surface area contributed by atoms with Crippen molar-refractivity contribution >= 4 is 27.6 Å². The predicted octanol–water partition coefficient (Wildman–Crippen LogP) is 3.27. The van der Waals surface area contributed by atoms with Gasteiger partial charge >= 0.3 is 5.97 Å². The zero-order chi connectivity index (χ0) is 14.1. The third-order valence-electron chi connectivity index (χ3n) is 4.12. The van der Waals surface area contributed by atoms with E-state index in [1.165, 1.54) is 21.9 Å². The lowest BCUT2D eigenvalue weighted by Gasteiger charge is -2.27. The second-order valence-electron chi connectivity index (χ2n) is 5.40. The summed E-state index contributed by atoms with van der Waals surface area (Å²) in [6.07, 6.45) is 5.10. The van der Waals surface area contributed by atoms with Crippen LogP contribution in [0.4, 0.5) is 0 Å². The number of aromatic nitrogens is 1. The molecule has 1 aliphatic rings. The summed E-state index contributed by atoms with van der Waals surface area (Å²) in [7, 11) is 0. The molecule has 1 saturated carbocycles. The Balaban J connectivity index is 2.07. The van der Waals surface area contributed by atoms with Crippen molar-refractivity contribution in [3.8, 4) is 0 Å². The molecule has 3 rings (SSSR count). The zero-order valence-electron chi connectivity index (χ0n) is 11.1. The standard InChI is InChI=1S/C15H17NO3S/c17-14-11-8-4-5-9-12(11)20-16(14)13(15(18)19)10-6-2-1-3-7-10/h4-5,8-10,13H,1-3,6-7H2,(H,18,19). The summed E-state index contributed by atoms with van der Waals surface area (Å²) in [5.74, 6) is -0.808. The monoisotopic (exact) mass is 291 g/mol. The fraction of sp³-hybridized carbons (Fsp3) is 0.467. The van der Waals surface area contributed by atoms with Gasteiger partial charge in [0.15, 0.2) is 0 Å². The molecule has 1 atom stereocenters.